The second-order valence-corrected chi connectivity index (χ2v) is 4.99. The molecule has 106 valence electrons. The van der Waals surface area contributed by atoms with Crippen LogP contribution in [0.1, 0.15) is 16.7 Å². The van der Waals surface area contributed by atoms with Crippen molar-refractivity contribution in [1.29, 1.82) is 0 Å². The lowest BCUT2D eigenvalue weighted by Gasteiger charge is -2.16. The second kappa shape index (κ2) is 6.59. The third kappa shape index (κ3) is 3.85. The quantitative estimate of drug-likeness (QED) is 0.651. The molecule has 0 heterocycles. The minimum Gasteiger partial charge on any atom is -0.271 e. The molecular weight excluding hydrogens is 258 g/mol. The molecule has 0 aromatic heterocycles. The van der Waals surface area contributed by atoms with E-state index in [2.05, 4.69) is 5.43 Å². The number of nitrogens with one attached hydrogen (secondary N) is 1. The maximum atomic E-state index is 13.6. The van der Waals surface area contributed by atoms with Crippen LogP contribution >= 0.6 is 0 Å². The zero-order chi connectivity index (χ0) is 14.5. The van der Waals surface area contributed by atoms with Gasteiger partial charge in [0.05, 0.1) is 0 Å². The van der Waals surface area contributed by atoms with Crippen LogP contribution < -0.4 is 11.3 Å². The molecule has 1 unspecified atom stereocenters. The number of nitrogens with two attached hydrogens (primary N) is 1. The maximum absolute atomic E-state index is 13.6. The number of benzene rings is 2. The zero-order valence-corrected chi connectivity index (χ0v) is 11.4. The first-order valence-electron chi connectivity index (χ1n) is 6.54. The van der Waals surface area contributed by atoms with Crippen molar-refractivity contribution in [2.24, 2.45) is 5.84 Å². The molecule has 2 rings (SSSR count). The van der Waals surface area contributed by atoms with Crippen LogP contribution in [-0.4, -0.2) is 6.04 Å². The van der Waals surface area contributed by atoms with Crippen LogP contribution in [0.3, 0.4) is 0 Å². The van der Waals surface area contributed by atoms with Crippen molar-refractivity contribution in [1.82, 2.24) is 5.43 Å². The van der Waals surface area contributed by atoms with Gasteiger partial charge in [0.1, 0.15) is 11.6 Å². The van der Waals surface area contributed by atoms with E-state index in [0.717, 1.165) is 17.7 Å². The normalized spacial score (nSPS) is 12.4. The van der Waals surface area contributed by atoms with Crippen molar-refractivity contribution in [3.63, 3.8) is 0 Å². The first-order valence-corrected chi connectivity index (χ1v) is 6.54. The predicted molar refractivity (Wildman–Crippen MR) is 76.1 cm³/mol. The van der Waals surface area contributed by atoms with Gasteiger partial charge in [-0.25, -0.2) is 8.78 Å². The third-order valence-electron chi connectivity index (χ3n) is 3.31. The van der Waals surface area contributed by atoms with E-state index < -0.39 is 11.6 Å². The van der Waals surface area contributed by atoms with Gasteiger partial charge in [0.2, 0.25) is 0 Å². The van der Waals surface area contributed by atoms with Gasteiger partial charge < -0.3 is 0 Å². The fourth-order valence-electron chi connectivity index (χ4n) is 2.16. The van der Waals surface area contributed by atoms with Gasteiger partial charge >= 0.3 is 0 Å². The lowest BCUT2D eigenvalue weighted by atomic mass is 9.98. The monoisotopic (exact) mass is 276 g/mol. The standard InChI is InChI=1S/C16H18F2N2/c1-11-2-4-12(5-3-11)8-15(20-19)10-13-9-14(17)6-7-16(13)18/h2-7,9,15,20H,8,10,19H2,1H3. The number of rotatable bonds is 5. The average molecular weight is 276 g/mol. The number of hydrogen-bond donors (Lipinski definition) is 2. The van der Waals surface area contributed by atoms with Crippen molar-refractivity contribution in [3.05, 3.63) is 70.8 Å². The molecule has 0 aliphatic rings. The summed E-state index contributed by atoms with van der Waals surface area (Å²) in [7, 11) is 0. The molecule has 0 bridgehead atoms. The first kappa shape index (κ1) is 14.6. The lowest BCUT2D eigenvalue weighted by Crippen LogP contribution is -2.38. The average Bonchev–Trinajstić information content (AvgIpc) is 2.44. The van der Waals surface area contributed by atoms with Crippen molar-refractivity contribution in [2.45, 2.75) is 25.8 Å². The molecule has 1 atom stereocenters. The van der Waals surface area contributed by atoms with Crippen LogP contribution in [0.2, 0.25) is 0 Å². The van der Waals surface area contributed by atoms with Crippen molar-refractivity contribution < 1.29 is 8.78 Å². The Morgan fingerprint density at radius 1 is 1.05 bits per heavy atom. The topological polar surface area (TPSA) is 38.0 Å². The Morgan fingerprint density at radius 2 is 1.75 bits per heavy atom. The third-order valence-corrected chi connectivity index (χ3v) is 3.31. The molecular formula is C16H18F2N2. The van der Waals surface area contributed by atoms with Crippen LogP contribution in [0.4, 0.5) is 8.78 Å². The minimum atomic E-state index is -0.437. The molecule has 20 heavy (non-hydrogen) atoms. The van der Waals surface area contributed by atoms with Gasteiger partial charge in [0, 0.05) is 6.04 Å². The molecule has 0 aliphatic heterocycles. The summed E-state index contributed by atoms with van der Waals surface area (Å²) in [5.74, 6) is 4.68. The molecule has 0 saturated heterocycles. The Balaban J connectivity index is 2.08. The summed E-state index contributed by atoms with van der Waals surface area (Å²) in [5.41, 5.74) is 5.29. The number of aryl methyl sites for hydroxylation is 1. The van der Waals surface area contributed by atoms with E-state index in [1.165, 1.54) is 11.6 Å². The molecule has 0 spiro atoms. The van der Waals surface area contributed by atoms with Gasteiger partial charge in [-0.1, -0.05) is 29.8 Å². The molecule has 0 aliphatic carbocycles. The van der Waals surface area contributed by atoms with E-state index in [1.807, 2.05) is 31.2 Å². The summed E-state index contributed by atoms with van der Waals surface area (Å²) in [6.07, 6.45) is 1.00. The molecule has 4 heteroatoms. The van der Waals surface area contributed by atoms with E-state index in [4.69, 9.17) is 5.84 Å². The number of halogens is 2. The van der Waals surface area contributed by atoms with E-state index >= 15 is 0 Å². The first-order chi connectivity index (χ1) is 9.58. The fraction of sp³-hybridized carbons (Fsp3) is 0.250. The van der Waals surface area contributed by atoms with E-state index in [0.29, 0.717) is 18.4 Å². The zero-order valence-electron chi connectivity index (χ0n) is 11.4. The molecule has 2 nitrogen and oxygen atoms in total. The van der Waals surface area contributed by atoms with Crippen molar-refractivity contribution in [3.8, 4) is 0 Å². The second-order valence-electron chi connectivity index (χ2n) is 4.99. The molecule has 0 amide bonds. The van der Waals surface area contributed by atoms with Crippen LogP contribution in [0.15, 0.2) is 42.5 Å². The Labute approximate surface area is 117 Å². The molecule has 2 aromatic carbocycles. The highest BCUT2D eigenvalue weighted by molar-refractivity contribution is 5.24. The number of hydrogen-bond acceptors (Lipinski definition) is 2. The van der Waals surface area contributed by atoms with E-state index in [-0.39, 0.29) is 6.04 Å². The Bertz CT molecular complexity index is 567. The van der Waals surface area contributed by atoms with E-state index in [1.54, 1.807) is 0 Å². The lowest BCUT2D eigenvalue weighted by molar-refractivity contribution is 0.502. The highest BCUT2D eigenvalue weighted by Crippen LogP contribution is 2.14. The molecule has 0 fully saturated rings. The molecule has 3 N–H and O–H groups in total. The van der Waals surface area contributed by atoms with Gasteiger partial charge in [0.15, 0.2) is 0 Å². The summed E-state index contributed by atoms with van der Waals surface area (Å²) in [6.45, 7) is 2.02. The van der Waals surface area contributed by atoms with Crippen LogP contribution in [0.5, 0.6) is 0 Å². The van der Waals surface area contributed by atoms with Gasteiger partial charge in [-0.3, -0.25) is 11.3 Å². The Morgan fingerprint density at radius 3 is 2.40 bits per heavy atom. The van der Waals surface area contributed by atoms with Crippen molar-refractivity contribution in [2.75, 3.05) is 0 Å². The van der Waals surface area contributed by atoms with Gasteiger partial charge in [-0.15, -0.1) is 0 Å². The molecule has 0 saturated carbocycles. The van der Waals surface area contributed by atoms with Gasteiger partial charge in [0.25, 0.3) is 0 Å². The highest BCUT2D eigenvalue weighted by atomic mass is 19.1. The summed E-state index contributed by atoms with van der Waals surface area (Å²) in [4.78, 5) is 0. The smallest absolute Gasteiger partial charge is 0.126 e. The summed E-state index contributed by atoms with van der Waals surface area (Å²) in [5, 5.41) is 0. The van der Waals surface area contributed by atoms with Crippen LogP contribution in [-0.2, 0) is 12.8 Å². The number of hydrazine groups is 1. The largest absolute Gasteiger partial charge is 0.271 e. The summed E-state index contributed by atoms with van der Waals surface area (Å²) in [6, 6.07) is 11.4. The molecule has 2 aromatic rings. The fourth-order valence-corrected chi connectivity index (χ4v) is 2.16. The van der Waals surface area contributed by atoms with Crippen molar-refractivity contribution >= 4 is 0 Å². The summed E-state index contributed by atoms with van der Waals surface area (Å²) >= 11 is 0. The SMILES string of the molecule is Cc1ccc(CC(Cc2cc(F)ccc2F)NN)cc1. The minimum absolute atomic E-state index is 0.144. The van der Waals surface area contributed by atoms with Gasteiger partial charge in [-0.05, 0) is 49.1 Å². The van der Waals surface area contributed by atoms with Gasteiger partial charge in [-0.2, -0.15) is 0 Å². The Kier molecular flexibility index (Phi) is 4.82. The predicted octanol–water partition coefficient (Wildman–Crippen LogP) is 2.89. The van der Waals surface area contributed by atoms with Crippen LogP contribution in [0.25, 0.3) is 0 Å². The summed E-state index contributed by atoms with van der Waals surface area (Å²) < 4.78 is 26.8. The molecule has 0 radical (unpaired) electrons. The van der Waals surface area contributed by atoms with E-state index in [9.17, 15) is 8.78 Å². The highest BCUT2D eigenvalue weighted by Gasteiger charge is 2.12. The maximum Gasteiger partial charge on any atom is 0.126 e. The van der Waals surface area contributed by atoms with Crippen LogP contribution in [0, 0.1) is 18.6 Å². The Hall–Kier alpha value is -1.78.